The summed E-state index contributed by atoms with van der Waals surface area (Å²) in [7, 11) is 0. The Labute approximate surface area is 167 Å². The van der Waals surface area contributed by atoms with Gasteiger partial charge in [0, 0.05) is 30.1 Å². The van der Waals surface area contributed by atoms with Crippen molar-refractivity contribution in [2.75, 3.05) is 0 Å². The SMILES string of the molecule is CCCCCn1c(C)cc(=O)n2cc(-c3ccc(C4CCCCC4)cc3)nc12. The minimum absolute atomic E-state index is 0.00295. The summed E-state index contributed by atoms with van der Waals surface area (Å²) < 4.78 is 3.88. The van der Waals surface area contributed by atoms with Crippen LogP contribution in [0.5, 0.6) is 0 Å². The zero-order valence-electron chi connectivity index (χ0n) is 17.2. The predicted molar refractivity (Wildman–Crippen MR) is 115 cm³/mol. The van der Waals surface area contributed by atoms with E-state index in [2.05, 4.69) is 35.8 Å². The summed E-state index contributed by atoms with van der Waals surface area (Å²) in [5, 5.41) is 0. The van der Waals surface area contributed by atoms with E-state index in [1.807, 2.05) is 13.1 Å². The molecule has 0 radical (unpaired) electrons. The molecule has 148 valence electrons. The number of imidazole rings is 1. The van der Waals surface area contributed by atoms with Crippen molar-refractivity contribution in [3.63, 3.8) is 0 Å². The molecule has 0 atom stereocenters. The number of hydrogen-bond donors (Lipinski definition) is 0. The number of benzene rings is 1. The van der Waals surface area contributed by atoms with Crippen molar-refractivity contribution >= 4 is 5.78 Å². The van der Waals surface area contributed by atoms with Gasteiger partial charge in [-0.05, 0) is 37.7 Å². The molecule has 1 aliphatic carbocycles. The van der Waals surface area contributed by atoms with Crippen LogP contribution in [-0.2, 0) is 6.54 Å². The number of unbranched alkanes of at least 4 members (excludes halogenated alkanes) is 2. The first kappa shape index (κ1) is 19.0. The molecular formula is C24H31N3O. The molecule has 0 saturated heterocycles. The average Bonchev–Trinajstić information content (AvgIpc) is 3.17. The maximum absolute atomic E-state index is 12.5. The van der Waals surface area contributed by atoms with Gasteiger partial charge in [0.05, 0.1) is 5.69 Å². The van der Waals surface area contributed by atoms with Crippen molar-refractivity contribution < 1.29 is 0 Å². The molecule has 3 aromatic rings. The molecule has 2 heterocycles. The van der Waals surface area contributed by atoms with Gasteiger partial charge in [0.25, 0.3) is 5.56 Å². The normalized spacial score (nSPS) is 15.4. The highest BCUT2D eigenvalue weighted by atomic mass is 16.1. The lowest BCUT2D eigenvalue weighted by Gasteiger charge is -2.21. The number of hydrogen-bond acceptors (Lipinski definition) is 2. The van der Waals surface area contributed by atoms with Gasteiger partial charge >= 0.3 is 0 Å². The van der Waals surface area contributed by atoms with E-state index in [1.165, 1.54) is 50.5 Å². The maximum Gasteiger partial charge on any atom is 0.259 e. The van der Waals surface area contributed by atoms with Crippen LogP contribution < -0.4 is 5.56 Å². The fraction of sp³-hybridized carbons (Fsp3) is 0.500. The summed E-state index contributed by atoms with van der Waals surface area (Å²) in [5.74, 6) is 1.47. The Morgan fingerprint density at radius 2 is 1.82 bits per heavy atom. The summed E-state index contributed by atoms with van der Waals surface area (Å²) in [5.41, 5.74) is 4.39. The first-order valence-electron chi connectivity index (χ1n) is 10.9. The van der Waals surface area contributed by atoms with E-state index in [-0.39, 0.29) is 5.56 Å². The molecule has 2 aromatic heterocycles. The van der Waals surface area contributed by atoms with E-state index in [4.69, 9.17) is 4.98 Å². The van der Waals surface area contributed by atoms with E-state index in [1.54, 1.807) is 10.5 Å². The molecule has 4 nitrogen and oxygen atoms in total. The van der Waals surface area contributed by atoms with E-state index in [0.717, 1.165) is 35.7 Å². The Morgan fingerprint density at radius 3 is 2.54 bits per heavy atom. The maximum atomic E-state index is 12.5. The largest absolute Gasteiger partial charge is 0.315 e. The number of rotatable bonds is 6. The molecule has 4 heteroatoms. The van der Waals surface area contributed by atoms with Gasteiger partial charge in [0.1, 0.15) is 0 Å². The van der Waals surface area contributed by atoms with Gasteiger partial charge in [0.15, 0.2) is 0 Å². The van der Waals surface area contributed by atoms with Crippen molar-refractivity contribution in [3.8, 4) is 11.3 Å². The van der Waals surface area contributed by atoms with E-state index in [0.29, 0.717) is 5.92 Å². The topological polar surface area (TPSA) is 39.3 Å². The van der Waals surface area contributed by atoms with E-state index >= 15 is 0 Å². The Bertz CT molecular complexity index is 991. The van der Waals surface area contributed by atoms with Crippen LogP contribution in [0.2, 0.25) is 0 Å². The van der Waals surface area contributed by atoms with Crippen LogP contribution in [0, 0.1) is 6.92 Å². The Hall–Kier alpha value is -2.36. The zero-order chi connectivity index (χ0) is 19.5. The second-order valence-corrected chi connectivity index (χ2v) is 8.24. The Kier molecular flexibility index (Phi) is 5.65. The smallest absolute Gasteiger partial charge is 0.259 e. The molecule has 0 unspecified atom stereocenters. The molecular weight excluding hydrogens is 346 g/mol. The second-order valence-electron chi connectivity index (χ2n) is 8.24. The summed E-state index contributed by atoms with van der Waals surface area (Å²) in [4.78, 5) is 17.3. The predicted octanol–water partition coefficient (Wildman–Crippen LogP) is 5.71. The standard InChI is InChI=1S/C24H31N3O/c1-3-4-8-15-26-18(2)16-23(28)27-17-22(25-24(26)27)21-13-11-20(12-14-21)19-9-6-5-7-10-19/h11-14,16-17,19H,3-10,15H2,1-2H3. The number of aromatic nitrogens is 3. The van der Waals surface area contributed by atoms with Crippen LogP contribution >= 0.6 is 0 Å². The van der Waals surface area contributed by atoms with Gasteiger partial charge in [-0.15, -0.1) is 0 Å². The minimum atomic E-state index is -0.00295. The fourth-order valence-electron chi connectivity index (χ4n) is 4.50. The van der Waals surface area contributed by atoms with Gasteiger partial charge in [-0.3, -0.25) is 9.20 Å². The summed E-state index contributed by atoms with van der Waals surface area (Å²) >= 11 is 0. The van der Waals surface area contributed by atoms with Gasteiger partial charge < -0.3 is 4.57 Å². The molecule has 1 aliphatic rings. The molecule has 1 aromatic carbocycles. The molecule has 0 amide bonds. The third-order valence-electron chi connectivity index (χ3n) is 6.19. The third kappa shape index (κ3) is 3.78. The highest BCUT2D eigenvalue weighted by Gasteiger charge is 2.16. The second kappa shape index (κ2) is 8.34. The van der Waals surface area contributed by atoms with Gasteiger partial charge in [-0.25, -0.2) is 4.98 Å². The molecule has 0 N–H and O–H groups in total. The molecule has 1 fully saturated rings. The molecule has 0 bridgehead atoms. The summed E-state index contributed by atoms with van der Waals surface area (Å²) in [6.45, 7) is 5.11. The van der Waals surface area contributed by atoms with Crippen LogP contribution in [0.25, 0.3) is 17.0 Å². The molecule has 0 spiro atoms. The molecule has 4 rings (SSSR count). The number of aryl methyl sites for hydroxylation is 2. The van der Waals surface area contributed by atoms with Gasteiger partial charge in [-0.1, -0.05) is 63.3 Å². The van der Waals surface area contributed by atoms with Crippen molar-refractivity contribution in [3.05, 3.63) is 58.1 Å². The Morgan fingerprint density at radius 1 is 1.07 bits per heavy atom. The Balaban J connectivity index is 1.66. The van der Waals surface area contributed by atoms with Gasteiger partial charge in [-0.2, -0.15) is 0 Å². The van der Waals surface area contributed by atoms with Gasteiger partial charge in [0.2, 0.25) is 5.78 Å². The van der Waals surface area contributed by atoms with Crippen LogP contribution in [0.3, 0.4) is 0 Å². The molecule has 1 saturated carbocycles. The first-order valence-corrected chi connectivity index (χ1v) is 10.9. The lowest BCUT2D eigenvalue weighted by molar-refractivity contribution is 0.443. The van der Waals surface area contributed by atoms with Crippen LogP contribution in [-0.4, -0.2) is 14.0 Å². The summed E-state index contributed by atoms with van der Waals surface area (Å²) in [6.07, 6.45) is 12.1. The fourth-order valence-corrected chi connectivity index (χ4v) is 4.50. The quantitative estimate of drug-likeness (QED) is 0.516. The van der Waals surface area contributed by atoms with E-state index < -0.39 is 0 Å². The van der Waals surface area contributed by atoms with Crippen LogP contribution in [0.15, 0.2) is 41.3 Å². The lowest BCUT2D eigenvalue weighted by atomic mass is 9.84. The minimum Gasteiger partial charge on any atom is -0.315 e. The lowest BCUT2D eigenvalue weighted by Crippen LogP contribution is -2.18. The van der Waals surface area contributed by atoms with E-state index in [9.17, 15) is 4.79 Å². The van der Waals surface area contributed by atoms with Crippen LogP contribution in [0.1, 0.15) is 75.5 Å². The van der Waals surface area contributed by atoms with Crippen molar-refractivity contribution in [2.24, 2.45) is 0 Å². The number of nitrogens with zero attached hydrogens (tertiary/aromatic N) is 3. The number of fused-ring (bicyclic) bond motifs is 1. The third-order valence-corrected chi connectivity index (χ3v) is 6.19. The molecule has 0 aliphatic heterocycles. The van der Waals surface area contributed by atoms with Crippen molar-refractivity contribution in [2.45, 2.75) is 77.7 Å². The zero-order valence-corrected chi connectivity index (χ0v) is 17.2. The first-order chi connectivity index (χ1) is 13.7. The van der Waals surface area contributed by atoms with Crippen molar-refractivity contribution in [1.82, 2.24) is 14.0 Å². The van der Waals surface area contributed by atoms with Crippen LogP contribution in [0.4, 0.5) is 0 Å². The summed E-state index contributed by atoms with van der Waals surface area (Å²) in [6, 6.07) is 10.6. The van der Waals surface area contributed by atoms with Crippen molar-refractivity contribution in [1.29, 1.82) is 0 Å². The highest BCUT2D eigenvalue weighted by molar-refractivity contribution is 5.62. The monoisotopic (exact) mass is 377 g/mol. The average molecular weight is 378 g/mol. The molecule has 28 heavy (non-hydrogen) atoms. The highest BCUT2D eigenvalue weighted by Crippen LogP contribution is 2.33.